The molecule has 0 bridgehead atoms. The van der Waals surface area contributed by atoms with Crippen LogP contribution in [0.2, 0.25) is 0 Å². The van der Waals surface area contributed by atoms with Gasteiger partial charge in [0.1, 0.15) is 0 Å². The van der Waals surface area contributed by atoms with Crippen LogP contribution in [0.4, 0.5) is 0 Å². The fourth-order valence-corrected chi connectivity index (χ4v) is 3.31. The molecule has 1 aromatic carbocycles. The van der Waals surface area contributed by atoms with Crippen LogP contribution in [-0.4, -0.2) is 34.1 Å². The molecule has 2 aliphatic rings. The molecule has 1 aromatic rings. The molecule has 0 aromatic heterocycles. The SMILES string of the molecule is CCCCCNC(=O)c1ccc(CN2C(=O)C3C=CC=CC3=NC2=S)cc1. The van der Waals surface area contributed by atoms with E-state index in [4.69, 9.17) is 12.2 Å². The summed E-state index contributed by atoms with van der Waals surface area (Å²) in [6.45, 7) is 3.17. The van der Waals surface area contributed by atoms with Gasteiger partial charge in [-0.05, 0) is 42.4 Å². The molecular weight excluding hydrogens is 358 g/mol. The summed E-state index contributed by atoms with van der Waals surface area (Å²) >= 11 is 5.30. The number of unbranched alkanes of at least 4 members (excludes halogenated alkanes) is 2. The van der Waals surface area contributed by atoms with Gasteiger partial charge in [0, 0.05) is 12.1 Å². The van der Waals surface area contributed by atoms with Gasteiger partial charge in [-0.3, -0.25) is 14.5 Å². The fraction of sp³-hybridized carbons (Fsp3) is 0.333. The average Bonchev–Trinajstić information content (AvgIpc) is 2.69. The molecular formula is C21H23N3O2S. The third kappa shape index (κ3) is 4.57. The van der Waals surface area contributed by atoms with Crippen molar-refractivity contribution in [3.05, 3.63) is 59.7 Å². The van der Waals surface area contributed by atoms with Gasteiger partial charge in [-0.2, -0.15) is 0 Å². The second kappa shape index (κ2) is 8.86. The predicted molar refractivity (Wildman–Crippen MR) is 111 cm³/mol. The minimum Gasteiger partial charge on any atom is -0.352 e. The van der Waals surface area contributed by atoms with Crippen LogP contribution in [0.15, 0.2) is 53.6 Å². The Morgan fingerprint density at radius 2 is 2.00 bits per heavy atom. The highest BCUT2D eigenvalue weighted by atomic mass is 32.1. The number of amides is 2. The Labute approximate surface area is 164 Å². The number of allylic oxidation sites excluding steroid dienone is 3. The molecule has 1 unspecified atom stereocenters. The van der Waals surface area contributed by atoms with Gasteiger partial charge in [0.05, 0.1) is 18.2 Å². The molecule has 3 rings (SSSR count). The molecule has 5 nitrogen and oxygen atoms in total. The van der Waals surface area contributed by atoms with Crippen molar-refractivity contribution in [2.45, 2.75) is 32.7 Å². The maximum absolute atomic E-state index is 12.7. The monoisotopic (exact) mass is 381 g/mol. The molecule has 1 aliphatic carbocycles. The highest BCUT2D eigenvalue weighted by Crippen LogP contribution is 2.21. The Morgan fingerprint density at radius 1 is 1.22 bits per heavy atom. The lowest BCUT2D eigenvalue weighted by atomic mass is 9.95. The van der Waals surface area contributed by atoms with Crippen molar-refractivity contribution >= 4 is 34.9 Å². The molecule has 140 valence electrons. The number of nitrogens with zero attached hydrogens (tertiary/aromatic N) is 2. The number of nitrogens with one attached hydrogen (secondary N) is 1. The van der Waals surface area contributed by atoms with Crippen LogP contribution in [0, 0.1) is 5.92 Å². The zero-order valence-electron chi connectivity index (χ0n) is 15.4. The van der Waals surface area contributed by atoms with Gasteiger partial charge < -0.3 is 5.32 Å². The van der Waals surface area contributed by atoms with Gasteiger partial charge in [0.15, 0.2) is 0 Å². The Morgan fingerprint density at radius 3 is 2.74 bits per heavy atom. The van der Waals surface area contributed by atoms with Crippen LogP contribution in [0.25, 0.3) is 0 Å². The van der Waals surface area contributed by atoms with Crippen LogP contribution in [0.1, 0.15) is 42.1 Å². The predicted octanol–water partition coefficient (Wildman–Crippen LogP) is 3.42. The Hall–Kier alpha value is -2.60. The van der Waals surface area contributed by atoms with E-state index in [2.05, 4.69) is 17.2 Å². The molecule has 0 saturated heterocycles. The van der Waals surface area contributed by atoms with E-state index in [1.807, 2.05) is 36.4 Å². The number of thiocarbonyl (C=S) groups is 1. The lowest BCUT2D eigenvalue weighted by Crippen LogP contribution is -2.45. The minimum atomic E-state index is -0.366. The summed E-state index contributed by atoms with van der Waals surface area (Å²) in [5.74, 6) is -0.506. The van der Waals surface area contributed by atoms with Gasteiger partial charge in [-0.15, -0.1) is 0 Å². The fourth-order valence-electron chi connectivity index (χ4n) is 3.05. The molecule has 27 heavy (non-hydrogen) atoms. The maximum atomic E-state index is 12.7. The quantitative estimate of drug-likeness (QED) is 0.581. The number of hydrogen-bond acceptors (Lipinski definition) is 3. The third-order valence-electron chi connectivity index (χ3n) is 4.61. The smallest absolute Gasteiger partial charge is 0.251 e. The lowest BCUT2D eigenvalue weighted by Gasteiger charge is -2.30. The first-order valence-electron chi connectivity index (χ1n) is 9.26. The van der Waals surface area contributed by atoms with Crippen molar-refractivity contribution in [2.24, 2.45) is 10.9 Å². The summed E-state index contributed by atoms with van der Waals surface area (Å²) in [6.07, 6.45) is 10.6. The summed E-state index contributed by atoms with van der Waals surface area (Å²) in [6, 6.07) is 7.26. The number of rotatable bonds is 7. The summed E-state index contributed by atoms with van der Waals surface area (Å²) in [5, 5.41) is 3.21. The van der Waals surface area contributed by atoms with Crippen LogP contribution < -0.4 is 5.32 Å². The zero-order chi connectivity index (χ0) is 19.2. The van der Waals surface area contributed by atoms with Crippen LogP contribution in [0.3, 0.4) is 0 Å². The maximum Gasteiger partial charge on any atom is 0.251 e. The highest BCUT2D eigenvalue weighted by molar-refractivity contribution is 7.80. The first-order chi connectivity index (χ1) is 13.1. The highest BCUT2D eigenvalue weighted by Gasteiger charge is 2.33. The van der Waals surface area contributed by atoms with Crippen molar-refractivity contribution in [1.29, 1.82) is 0 Å². The molecule has 0 fully saturated rings. The van der Waals surface area contributed by atoms with E-state index < -0.39 is 0 Å². The minimum absolute atomic E-state index is 0.0663. The number of carbonyl (C=O) groups excluding carboxylic acids is 2. The number of aliphatic imine (C=N–C) groups is 1. The summed E-state index contributed by atoms with van der Waals surface area (Å²) in [4.78, 5) is 30.8. The van der Waals surface area contributed by atoms with Gasteiger partial charge in [0.25, 0.3) is 5.91 Å². The molecule has 6 heteroatoms. The normalized spacial score (nSPS) is 18.3. The first kappa shape index (κ1) is 19.2. The van der Waals surface area contributed by atoms with Crippen molar-refractivity contribution in [1.82, 2.24) is 10.2 Å². The molecule has 2 amide bonds. The number of fused-ring (bicyclic) bond motifs is 1. The van der Waals surface area contributed by atoms with E-state index in [0.29, 0.717) is 24.4 Å². The van der Waals surface area contributed by atoms with E-state index in [-0.39, 0.29) is 22.8 Å². The van der Waals surface area contributed by atoms with Crippen molar-refractivity contribution in [3.8, 4) is 0 Å². The molecule has 1 atom stereocenters. The molecule has 1 aliphatic heterocycles. The largest absolute Gasteiger partial charge is 0.352 e. The van der Waals surface area contributed by atoms with E-state index in [9.17, 15) is 9.59 Å². The topological polar surface area (TPSA) is 61.8 Å². The summed E-state index contributed by atoms with van der Waals surface area (Å²) in [7, 11) is 0. The van der Waals surface area contributed by atoms with E-state index >= 15 is 0 Å². The van der Waals surface area contributed by atoms with Crippen LogP contribution >= 0.6 is 12.2 Å². The summed E-state index contributed by atoms with van der Waals surface area (Å²) in [5.41, 5.74) is 2.21. The van der Waals surface area contributed by atoms with Gasteiger partial charge in [0.2, 0.25) is 11.0 Å². The molecule has 0 spiro atoms. The number of benzene rings is 1. The Kier molecular flexibility index (Phi) is 6.29. The number of hydrogen-bond donors (Lipinski definition) is 1. The van der Waals surface area contributed by atoms with Crippen molar-refractivity contribution < 1.29 is 9.59 Å². The van der Waals surface area contributed by atoms with Crippen molar-refractivity contribution in [2.75, 3.05) is 6.54 Å². The second-order valence-corrected chi connectivity index (χ2v) is 6.99. The molecule has 1 heterocycles. The van der Waals surface area contributed by atoms with Gasteiger partial charge in [-0.1, -0.05) is 50.1 Å². The van der Waals surface area contributed by atoms with Gasteiger partial charge in [-0.25, -0.2) is 4.99 Å². The van der Waals surface area contributed by atoms with Crippen LogP contribution in [-0.2, 0) is 11.3 Å². The van der Waals surface area contributed by atoms with E-state index in [1.54, 1.807) is 12.1 Å². The Bertz CT molecular complexity index is 824. The average molecular weight is 382 g/mol. The molecule has 0 saturated carbocycles. The van der Waals surface area contributed by atoms with Crippen LogP contribution in [0.5, 0.6) is 0 Å². The van der Waals surface area contributed by atoms with E-state index in [0.717, 1.165) is 24.8 Å². The number of carbonyl (C=O) groups is 2. The standard InChI is InChI=1S/C21H23N3O2S/c1-2-3-6-13-22-19(25)16-11-9-15(10-12-16)14-24-20(26)17-7-4-5-8-18(17)23-21(24)27/h4-5,7-12,17H,2-3,6,13-14H2,1H3,(H,22,25). The third-order valence-corrected chi connectivity index (χ3v) is 4.92. The zero-order valence-corrected chi connectivity index (χ0v) is 16.2. The first-order valence-corrected chi connectivity index (χ1v) is 9.67. The van der Waals surface area contributed by atoms with Crippen molar-refractivity contribution in [3.63, 3.8) is 0 Å². The second-order valence-electron chi connectivity index (χ2n) is 6.63. The van der Waals surface area contributed by atoms with Gasteiger partial charge >= 0.3 is 0 Å². The Balaban J connectivity index is 1.63. The molecule has 1 N–H and O–H groups in total. The van der Waals surface area contributed by atoms with E-state index in [1.165, 1.54) is 4.90 Å². The summed E-state index contributed by atoms with van der Waals surface area (Å²) < 4.78 is 0. The molecule has 0 radical (unpaired) electrons. The lowest BCUT2D eigenvalue weighted by molar-refractivity contribution is -0.128.